The summed E-state index contributed by atoms with van der Waals surface area (Å²) in [6.45, 7) is 3.73. The van der Waals surface area contributed by atoms with Crippen LogP contribution in [0, 0.1) is 5.82 Å². The second-order valence-corrected chi connectivity index (χ2v) is 6.65. The van der Waals surface area contributed by atoms with Crippen molar-refractivity contribution in [3.8, 4) is 0 Å². The van der Waals surface area contributed by atoms with E-state index in [-0.39, 0.29) is 11.9 Å². The van der Waals surface area contributed by atoms with E-state index in [1.165, 1.54) is 31.4 Å². The van der Waals surface area contributed by atoms with Gasteiger partial charge in [-0.05, 0) is 50.4 Å². The Morgan fingerprint density at radius 1 is 1.40 bits per heavy atom. The molecule has 112 valence electrons. The SMILES string of the molecule is CC(O)CC1CCCCCN1Cc1ccc(F)cc1Br. The zero-order chi connectivity index (χ0) is 14.5. The van der Waals surface area contributed by atoms with Crippen LogP contribution in [0.3, 0.4) is 0 Å². The molecule has 1 aliphatic heterocycles. The molecule has 1 heterocycles. The molecule has 0 bridgehead atoms. The lowest BCUT2D eigenvalue weighted by Gasteiger charge is -2.31. The predicted octanol–water partition coefficient (Wildman–Crippen LogP) is 4.10. The first-order chi connectivity index (χ1) is 9.56. The summed E-state index contributed by atoms with van der Waals surface area (Å²) in [6, 6.07) is 5.32. The zero-order valence-electron chi connectivity index (χ0n) is 12.0. The lowest BCUT2D eigenvalue weighted by atomic mass is 10.0. The lowest BCUT2D eigenvalue weighted by molar-refractivity contribution is 0.108. The van der Waals surface area contributed by atoms with Crippen molar-refractivity contribution in [3.63, 3.8) is 0 Å². The van der Waals surface area contributed by atoms with Crippen LogP contribution >= 0.6 is 15.9 Å². The first-order valence-corrected chi connectivity index (χ1v) is 8.21. The maximum atomic E-state index is 13.2. The second kappa shape index (κ2) is 7.53. The Hall–Kier alpha value is -0.450. The minimum absolute atomic E-state index is 0.211. The summed E-state index contributed by atoms with van der Waals surface area (Å²) in [5, 5.41) is 9.69. The molecule has 1 aliphatic rings. The fourth-order valence-electron chi connectivity index (χ4n) is 2.97. The predicted molar refractivity (Wildman–Crippen MR) is 83.1 cm³/mol. The summed E-state index contributed by atoms with van der Waals surface area (Å²) in [4.78, 5) is 2.44. The fourth-order valence-corrected chi connectivity index (χ4v) is 3.45. The third kappa shape index (κ3) is 4.54. The van der Waals surface area contributed by atoms with Gasteiger partial charge in [-0.2, -0.15) is 0 Å². The molecule has 1 aromatic carbocycles. The number of benzene rings is 1. The normalized spacial score (nSPS) is 22.5. The standard InChI is InChI=1S/C16H23BrFNO/c1-12(20)9-15-5-3-2-4-8-19(15)11-13-6-7-14(18)10-16(13)17/h6-7,10,12,15,20H,2-5,8-9,11H2,1H3. The van der Waals surface area contributed by atoms with Crippen molar-refractivity contribution >= 4 is 15.9 Å². The first-order valence-electron chi connectivity index (χ1n) is 7.42. The number of likely N-dealkylation sites (tertiary alicyclic amines) is 1. The zero-order valence-corrected chi connectivity index (χ0v) is 13.6. The van der Waals surface area contributed by atoms with Gasteiger partial charge in [0.15, 0.2) is 0 Å². The molecule has 2 nitrogen and oxygen atoms in total. The average Bonchev–Trinajstić information content (AvgIpc) is 2.58. The van der Waals surface area contributed by atoms with Crippen LogP contribution < -0.4 is 0 Å². The Bertz CT molecular complexity index is 438. The maximum absolute atomic E-state index is 13.2. The molecule has 0 spiro atoms. The van der Waals surface area contributed by atoms with Crippen molar-refractivity contribution in [2.24, 2.45) is 0 Å². The largest absolute Gasteiger partial charge is 0.393 e. The minimum Gasteiger partial charge on any atom is -0.393 e. The topological polar surface area (TPSA) is 23.5 Å². The Labute approximate surface area is 129 Å². The van der Waals surface area contributed by atoms with Crippen LogP contribution in [0.25, 0.3) is 0 Å². The Kier molecular flexibility index (Phi) is 6.00. The summed E-state index contributed by atoms with van der Waals surface area (Å²) in [5.41, 5.74) is 1.11. The molecule has 0 radical (unpaired) electrons. The maximum Gasteiger partial charge on any atom is 0.124 e. The number of rotatable bonds is 4. The molecule has 0 amide bonds. The van der Waals surface area contributed by atoms with Gasteiger partial charge in [0.05, 0.1) is 6.10 Å². The Morgan fingerprint density at radius 3 is 2.90 bits per heavy atom. The van der Waals surface area contributed by atoms with E-state index in [4.69, 9.17) is 0 Å². The van der Waals surface area contributed by atoms with E-state index in [1.807, 2.05) is 13.0 Å². The van der Waals surface area contributed by atoms with E-state index >= 15 is 0 Å². The number of halogens is 2. The lowest BCUT2D eigenvalue weighted by Crippen LogP contribution is -2.36. The molecule has 2 rings (SSSR count). The van der Waals surface area contributed by atoms with Crippen molar-refractivity contribution < 1.29 is 9.50 Å². The van der Waals surface area contributed by atoms with Crippen molar-refractivity contribution in [2.75, 3.05) is 6.54 Å². The molecule has 1 fully saturated rings. The van der Waals surface area contributed by atoms with Crippen LogP contribution in [-0.4, -0.2) is 28.7 Å². The summed E-state index contributed by atoms with van der Waals surface area (Å²) in [7, 11) is 0. The molecule has 20 heavy (non-hydrogen) atoms. The van der Waals surface area contributed by atoms with Crippen molar-refractivity contribution in [2.45, 2.75) is 57.7 Å². The number of hydrogen-bond acceptors (Lipinski definition) is 2. The highest BCUT2D eigenvalue weighted by Crippen LogP contribution is 2.25. The third-order valence-electron chi connectivity index (χ3n) is 4.00. The van der Waals surface area contributed by atoms with E-state index < -0.39 is 0 Å². The Morgan fingerprint density at radius 2 is 2.20 bits per heavy atom. The number of aliphatic hydroxyl groups is 1. The fraction of sp³-hybridized carbons (Fsp3) is 0.625. The highest BCUT2D eigenvalue weighted by Gasteiger charge is 2.23. The smallest absolute Gasteiger partial charge is 0.124 e. The number of aliphatic hydroxyl groups excluding tert-OH is 1. The van der Waals surface area contributed by atoms with E-state index in [9.17, 15) is 9.50 Å². The van der Waals surface area contributed by atoms with Crippen molar-refractivity contribution in [1.82, 2.24) is 4.90 Å². The van der Waals surface area contributed by atoms with Gasteiger partial charge < -0.3 is 5.11 Å². The van der Waals surface area contributed by atoms with E-state index in [0.717, 1.165) is 36.0 Å². The van der Waals surface area contributed by atoms with Crippen LogP contribution in [-0.2, 0) is 6.54 Å². The molecular formula is C16H23BrFNO. The third-order valence-corrected chi connectivity index (χ3v) is 4.74. The summed E-state index contributed by atoms with van der Waals surface area (Å²) < 4.78 is 14.0. The first kappa shape index (κ1) is 15.9. The molecule has 2 unspecified atom stereocenters. The van der Waals surface area contributed by atoms with Gasteiger partial charge in [-0.15, -0.1) is 0 Å². The highest BCUT2D eigenvalue weighted by molar-refractivity contribution is 9.10. The van der Waals surface area contributed by atoms with Crippen LogP contribution in [0.1, 0.15) is 44.6 Å². The monoisotopic (exact) mass is 343 g/mol. The van der Waals surface area contributed by atoms with Gasteiger partial charge in [-0.1, -0.05) is 34.8 Å². The quantitative estimate of drug-likeness (QED) is 0.889. The van der Waals surface area contributed by atoms with Gasteiger partial charge in [0.2, 0.25) is 0 Å². The molecule has 4 heteroatoms. The Balaban J connectivity index is 2.10. The number of hydrogen-bond donors (Lipinski definition) is 1. The van der Waals surface area contributed by atoms with E-state index in [1.54, 1.807) is 0 Å². The molecule has 0 aromatic heterocycles. The minimum atomic E-state index is -0.266. The summed E-state index contributed by atoms with van der Waals surface area (Å²) in [6.07, 6.45) is 5.39. The van der Waals surface area contributed by atoms with Gasteiger partial charge in [-0.3, -0.25) is 4.90 Å². The summed E-state index contributed by atoms with van der Waals surface area (Å²) in [5.74, 6) is -0.211. The van der Waals surface area contributed by atoms with Gasteiger partial charge in [-0.25, -0.2) is 4.39 Å². The molecule has 1 saturated heterocycles. The van der Waals surface area contributed by atoms with Crippen LogP contribution in [0.2, 0.25) is 0 Å². The molecule has 1 N–H and O–H groups in total. The van der Waals surface area contributed by atoms with Gasteiger partial charge in [0.1, 0.15) is 5.82 Å². The van der Waals surface area contributed by atoms with Crippen LogP contribution in [0.4, 0.5) is 4.39 Å². The van der Waals surface area contributed by atoms with Crippen molar-refractivity contribution in [3.05, 3.63) is 34.1 Å². The molecule has 1 aromatic rings. The van der Waals surface area contributed by atoms with Gasteiger partial charge in [0, 0.05) is 17.1 Å². The molecule has 0 aliphatic carbocycles. The van der Waals surface area contributed by atoms with E-state index in [2.05, 4.69) is 20.8 Å². The van der Waals surface area contributed by atoms with Crippen LogP contribution in [0.15, 0.2) is 22.7 Å². The molecule has 2 atom stereocenters. The molecule has 0 saturated carbocycles. The van der Waals surface area contributed by atoms with Crippen LogP contribution in [0.5, 0.6) is 0 Å². The van der Waals surface area contributed by atoms with Crippen molar-refractivity contribution in [1.29, 1.82) is 0 Å². The van der Waals surface area contributed by atoms with Gasteiger partial charge >= 0.3 is 0 Å². The van der Waals surface area contributed by atoms with E-state index in [0.29, 0.717) is 6.04 Å². The second-order valence-electron chi connectivity index (χ2n) is 5.79. The number of nitrogens with zero attached hydrogens (tertiary/aromatic N) is 1. The summed E-state index contributed by atoms with van der Waals surface area (Å²) >= 11 is 3.45. The average molecular weight is 344 g/mol. The van der Waals surface area contributed by atoms with Gasteiger partial charge in [0.25, 0.3) is 0 Å². The molecular weight excluding hydrogens is 321 g/mol. The highest BCUT2D eigenvalue weighted by atomic mass is 79.9.